The molecule has 2 aromatic rings. The van der Waals surface area contributed by atoms with E-state index in [0.29, 0.717) is 11.5 Å². The third-order valence-corrected chi connectivity index (χ3v) is 8.17. The second-order valence-corrected chi connectivity index (χ2v) is 14.9. The van der Waals surface area contributed by atoms with Gasteiger partial charge in [-0.15, -0.1) is 0 Å². The number of aliphatic carboxylic acids is 2. The number of hydrogen-bond acceptors (Lipinski definition) is 8. The molecule has 1 aliphatic rings. The van der Waals surface area contributed by atoms with Gasteiger partial charge in [-0.1, -0.05) is 80.4 Å². The smallest absolute Gasteiger partial charge is 0.550 e. The number of aromatic hydroxyl groups is 2. The number of carboxylic acids is 2. The fraction of sp³-hybridized carbons (Fsp3) is 0.600. The summed E-state index contributed by atoms with van der Waals surface area (Å²) >= 11 is 0. The Morgan fingerprint density at radius 2 is 0.980 bits per heavy atom. The van der Waals surface area contributed by atoms with Crippen molar-refractivity contribution in [3.05, 3.63) is 57.6 Å². The second kappa shape index (κ2) is 21.8. The summed E-state index contributed by atoms with van der Waals surface area (Å²) in [6.45, 7) is 19.3. The average molecular weight is 724 g/mol. The van der Waals surface area contributed by atoms with Crippen molar-refractivity contribution in [1.82, 2.24) is 0 Å². The van der Waals surface area contributed by atoms with Crippen LogP contribution in [0.15, 0.2) is 34.3 Å². The Balaban J connectivity index is 0.00000230. The zero-order valence-electron chi connectivity index (χ0n) is 31.4. The predicted molar refractivity (Wildman–Crippen MR) is 193 cm³/mol. The molecule has 0 heterocycles. The molecule has 1 fully saturated rings. The number of aliphatic imine (C=N–C) groups is 2. The van der Waals surface area contributed by atoms with Crippen molar-refractivity contribution in [2.24, 2.45) is 9.98 Å². The first kappa shape index (κ1) is 45.8. The maximum absolute atomic E-state index is 11.1. The van der Waals surface area contributed by atoms with E-state index in [-0.39, 0.29) is 39.7 Å². The standard InChI is InChI=1S/C36H54N2O2.2C2H4O2.Co/c1-9-11-13-25-19-27(33(39)31(21-25)35(3,4)5)23-37-29-15-17-30(18-16-29)38-24-28-20-26(14-12-10-2)22-32(34(28)40)36(6,7)8;2*1-2(3)4;/h19-24,29-30,39-40H,9-18H2,1-8H3;2*1H3,(H,3,4);/q;;;+2/p-2. The molecule has 1 saturated carbocycles. The van der Waals surface area contributed by atoms with Gasteiger partial charge in [0, 0.05) is 46.6 Å². The summed E-state index contributed by atoms with van der Waals surface area (Å²) < 4.78 is 0. The summed E-state index contributed by atoms with van der Waals surface area (Å²) in [4.78, 5) is 27.6. The maximum Gasteiger partial charge on any atom is 2.00 e. The molecular weight excluding hydrogens is 663 g/mol. The van der Waals surface area contributed by atoms with Crippen LogP contribution < -0.4 is 10.2 Å². The second-order valence-electron chi connectivity index (χ2n) is 14.9. The monoisotopic (exact) mass is 723 g/mol. The predicted octanol–water partition coefficient (Wildman–Crippen LogP) is 6.74. The number of nitrogens with zero attached hydrogens (tertiary/aromatic N) is 2. The number of rotatable bonds is 10. The quantitative estimate of drug-likeness (QED) is 0.260. The number of phenolic OH excluding ortho intramolecular Hbond substituents is 2. The van der Waals surface area contributed by atoms with E-state index in [0.717, 1.165) is 100 Å². The molecule has 1 radical (unpaired) electrons. The minimum absolute atomic E-state index is 0. The minimum Gasteiger partial charge on any atom is -0.550 e. The molecule has 49 heavy (non-hydrogen) atoms. The van der Waals surface area contributed by atoms with Crippen LogP contribution in [-0.2, 0) is 50.0 Å². The molecule has 1 aliphatic carbocycles. The Bertz CT molecular complexity index is 1270. The van der Waals surface area contributed by atoms with Gasteiger partial charge in [-0.25, -0.2) is 0 Å². The van der Waals surface area contributed by atoms with Crippen LogP contribution in [0, 0.1) is 0 Å². The van der Waals surface area contributed by atoms with Gasteiger partial charge in [0.2, 0.25) is 0 Å². The van der Waals surface area contributed by atoms with Crippen molar-refractivity contribution in [2.75, 3.05) is 0 Å². The molecular formula is C40H60CoN2O6. The van der Waals surface area contributed by atoms with E-state index in [2.05, 4.69) is 79.7 Å². The topological polar surface area (TPSA) is 145 Å². The van der Waals surface area contributed by atoms with Gasteiger partial charge in [0.05, 0.1) is 12.1 Å². The summed E-state index contributed by atoms with van der Waals surface area (Å²) in [6, 6.07) is 9.09. The van der Waals surface area contributed by atoms with Crippen LogP contribution >= 0.6 is 0 Å². The van der Waals surface area contributed by atoms with Crippen LogP contribution in [0.4, 0.5) is 0 Å². The van der Waals surface area contributed by atoms with Crippen LogP contribution in [0.5, 0.6) is 11.5 Å². The van der Waals surface area contributed by atoms with E-state index < -0.39 is 11.9 Å². The Morgan fingerprint density at radius 3 is 1.22 bits per heavy atom. The number of hydrogen-bond donors (Lipinski definition) is 2. The summed E-state index contributed by atoms with van der Waals surface area (Å²) in [5, 5.41) is 39.9. The van der Waals surface area contributed by atoms with Crippen molar-refractivity contribution in [3.8, 4) is 11.5 Å². The van der Waals surface area contributed by atoms with Gasteiger partial charge in [0.25, 0.3) is 0 Å². The van der Waals surface area contributed by atoms with Crippen molar-refractivity contribution in [1.29, 1.82) is 0 Å². The first-order valence-corrected chi connectivity index (χ1v) is 17.4. The maximum atomic E-state index is 11.1. The zero-order valence-corrected chi connectivity index (χ0v) is 32.5. The van der Waals surface area contributed by atoms with Crippen LogP contribution in [0.3, 0.4) is 0 Å². The van der Waals surface area contributed by atoms with E-state index in [9.17, 15) is 10.2 Å². The van der Waals surface area contributed by atoms with E-state index in [1.54, 1.807) is 0 Å². The molecule has 3 rings (SSSR count). The van der Waals surface area contributed by atoms with Crippen LogP contribution in [0.1, 0.15) is 154 Å². The third kappa shape index (κ3) is 17.4. The molecule has 2 N–H and O–H groups in total. The molecule has 0 unspecified atom stereocenters. The molecule has 9 heteroatoms. The van der Waals surface area contributed by atoms with Gasteiger partial charge in [0.1, 0.15) is 11.5 Å². The number of carbonyl (C=O) groups excluding carboxylic acids is 2. The molecule has 0 saturated heterocycles. The van der Waals surface area contributed by atoms with Crippen LogP contribution in [-0.4, -0.2) is 46.7 Å². The van der Waals surface area contributed by atoms with E-state index in [1.165, 1.54) is 11.1 Å². The Kier molecular flexibility index (Phi) is 20.4. The minimum atomic E-state index is -1.08. The Hall–Kier alpha value is -3.17. The summed E-state index contributed by atoms with van der Waals surface area (Å²) in [5.74, 6) is -1.43. The first-order chi connectivity index (χ1) is 22.3. The zero-order chi connectivity index (χ0) is 36.7. The molecule has 0 bridgehead atoms. The van der Waals surface area contributed by atoms with Crippen molar-refractivity contribution >= 4 is 24.4 Å². The SMILES string of the molecule is CC(=O)[O-].CC(=O)[O-].CCCCc1cc(C=NC2CCC(N=Cc3cc(CCCC)cc(C(C)(C)C)c3O)CC2)c(O)c(C(C)(C)C)c1.[Co+2]. The molecule has 275 valence electrons. The molecule has 0 atom stereocenters. The van der Waals surface area contributed by atoms with Gasteiger partial charge < -0.3 is 30.0 Å². The molecule has 8 nitrogen and oxygen atoms in total. The molecule has 0 spiro atoms. The molecule has 0 aliphatic heterocycles. The Morgan fingerprint density at radius 1 is 0.694 bits per heavy atom. The fourth-order valence-electron chi connectivity index (χ4n) is 5.56. The van der Waals surface area contributed by atoms with E-state index in [4.69, 9.17) is 29.8 Å². The van der Waals surface area contributed by atoms with E-state index >= 15 is 0 Å². The van der Waals surface area contributed by atoms with Crippen LogP contribution in [0.2, 0.25) is 0 Å². The molecule has 0 aromatic heterocycles. The number of benzene rings is 2. The number of aryl methyl sites for hydroxylation is 2. The summed E-state index contributed by atoms with van der Waals surface area (Å²) in [7, 11) is 0. The van der Waals surface area contributed by atoms with Gasteiger partial charge in [-0.2, -0.15) is 0 Å². The van der Waals surface area contributed by atoms with Gasteiger partial charge >= 0.3 is 16.8 Å². The molecule has 0 amide bonds. The normalized spacial score (nSPS) is 16.3. The largest absolute Gasteiger partial charge is 2.00 e. The number of carboxylic acid groups (broad SMARTS) is 2. The number of phenols is 2. The van der Waals surface area contributed by atoms with Gasteiger partial charge in [-0.3, -0.25) is 9.98 Å². The Labute approximate surface area is 305 Å². The summed E-state index contributed by atoms with van der Waals surface area (Å²) in [6.07, 6.45) is 14.4. The first-order valence-electron chi connectivity index (χ1n) is 17.4. The van der Waals surface area contributed by atoms with Crippen molar-refractivity contribution in [3.63, 3.8) is 0 Å². The third-order valence-electron chi connectivity index (χ3n) is 8.17. The fourth-order valence-corrected chi connectivity index (χ4v) is 5.56. The van der Waals surface area contributed by atoms with Crippen molar-refractivity contribution in [2.45, 2.75) is 156 Å². The summed E-state index contributed by atoms with van der Waals surface area (Å²) in [5.41, 5.74) is 5.99. The average Bonchev–Trinajstić information content (AvgIpc) is 2.97. The number of unbranched alkanes of at least 4 members (excludes halogenated alkanes) is 2. The van der Waals surface area contributed by atoms with Crippen LogP contribution in [0.25, 0.3) is 0 Å². The van der Waals surface area contributed by atoms with E-state index in [1.807, 2.05) is 12.4 Å². The molecule has 2 aromatic carbocycles. The van der Waals surface area contributed by atoms with Crippen molar-refractivity contribution < 1.29 is 46.8 Å². The number of carbonyl (C=O) groups is 2. The van der Waals surface area contributed by atoms with Gasteiger partial charge in [0.15, 0.2) is 0 Å². The van der Waals surface area contributed by atoms with Gasteiger partial charge in [-0.05, 0) is 99.3 Å².